The van der Waals surface area contributed by atoms with E-state index in [4.69, 9.17) is 26.9 Å². The van der Waals surface area contributed by atoms with E-state index in [1.807, 2.05) is 0 Å². The van der Waals surface area contributed by atoms with Crippen molar-refractivity contribution in [3.05, 3.63) is 17.0 Å². The molecule has 16 heavy (non-hydrogen) atoms. The second-order valence-electron chi connectivity index (χ2n) is 3.55. The number of aliphatic hydroxyl groups excluding tert-OH is 3. The number of aromatic nitrogens is 2. The molecule has 1 aromatic rings. The van der Waals surface area contributed by atoms with Crippen LogP contribution in [0.25, 0.3) is 0 Å². The van der Waals surface area contributed by atoms with Crippen LogP contribution in [0.2, 0.25) is 5.28 Å². The minimum absolute atomic E-state index is 0.0517. The number of anilines is 1. The highest BCUT2D eigenvalue weighted by Crippen LogP contribution is 2.17. The van der Waals surface area contributed by atoms with E-state index in [0.29, 0.717) is 11.4 Å². The van der Waals surface area contributed by atoms with Crippen LogP contribution in [0.4, 0.5) is 5.82 Å². The standard InChI is InChI=1S/C9H14ClN3O3/c1-6-2-11-8(10)12-7(6)13-9(3-14,4-15)5-16/h2,14-16H,3-5H2,1H3,(H,11,12,13). The van der Waals surface area contributed by atoms with Crippen molar-refractivity contribution in [1.82, 2.24) is 9.97 Å². The molecular weight excluding hydrogens is 234 g/mol. The van der Waals surface area contributed by atoms with Gasteiger partial charge >= 0.3 is 0 Å². The zero-order valence-corrected chi connectivity index (χ0v) is 9.57. The molecule has 0 radical (unpaired) electrons. The zero-order valence-electron chi connectivity index (χ0n) is 8.81. The maximum Gasteiger partial charge on any atom is 0.224 e. The van der Waals surface area contributed by atoms with Gasteiger partial charge in [0.25, 0.3) is 0 Å². The molecule has 0 spiro atoms. The van der Waals surface area contributed by atoms with E-state index >= 15 is 0 Å². The Morgan fingerprint density at radius 2 is 1.88 bits per heavy atom. The van der Waals surface area contributed by atoms with E-state index in [0.717, 1.165) is 0 Å². The van der Waals surface area contributed by atoms with Gasteiger partial charge in [0.1, 0.15) is 11.4 Å². The summed E-state index contributed by atoms with van der Waals surface area (Å²) in [6.45, 7) is 0.457. The molecule has 0 bridgehead atoms. The highest BCUT2D eigenvalue weighted by atomic mass is 35.5. The first-order valence-electron chi connectivity index (χ1n) is 4.67. The number of aryl methyl sites for hydroxylation is 1. The molecule has 0 unspecified atom stereocenters. The lowest BCUT2D eigenvalue weighted by Crippen LogP contribution is -2.49. The third-order valence-electron chi connectivity index (χ3n) is 2.23. The Morgan fingerprint density at radius 1 is 1.31 bits per heavy atom. The minimum atomic E-state index is -1.22. The van der Waals surface area contributed by atoms with Gasteiger partial charge in [0.05, 0.1) is 19.8 Å². The number of hydrogen-bond donors (Lipinski definition) is 4. The van der Waals surface area contributed by atoms with Crippen LogP contribution in [0, 0.1) is 6.92 Å². The van der Waals surface area contributed by atoms with Crippen molar-refractivity contribution in [1.29, 1.82) is 0 Å². The highest BCUT2D eigenvalue weighted by Gasteiger charge is 2.28. The Morgan fingerprint density at radius 3 is 2.38 bits per heavy atom. The molecule has 0 aromatic carbocycles. The van der Waals surface area contributed by atoms with Crippen LogP contribution in [0.1, 0.15) is 5.56 Å². The summed E-state index contributed by atoms with van der Waals surface area (Å²) in [6, 6.07) is 0. The molecule has 1 heterocycles. The van der Waals surface area contributed by atoms with Gasteiger partial charge in [-0.05, 0) is 18.5 Å². The molecule has 1 aromatic heterocycles. The smallest absolute Gasteiger partial charge is 0.224 e. The number of aliphatic hydroxyl groups is 3. The lowest BCUT2D eigenvalue weighted by atomic mass is 10.0. The van der Waals surface area contributed by atoms with Crippen molar-refractivity contribution in [3.63, 3.8) is 0 Å². The quantitative estimate of drug-likeness (QED) is 0.527. The van der Waals surface area contributed by atoms with E-state index in [-0.39, 0.29) is 5.28 Å². The second-order valence-corrected chi connectivity index (χ2v) is 3.89. The van der Waals surface area contributed by atoms with E-state index < -0.39 is 25.4 Å². The summed E-state index contributed by atoms with van der Waals surface area (Å²) in [7, 11) is 0. The summed E-state index contributed by atoms with van der Waals surface area (Å²) in [6.07, 6.45) is 1.51. The number of nitrogens with one attached hydrogen (secondary N) is 1. The molecule has 7 heteroatoms. The average molecular weight is 248 g/mol. The highest BCUT2D eigenvalue weighted by molar-refractivity contribution is 6.28. The van der Waals surface area contributed by atoms with Gasteiger partial charge < -0.3 is 20.6 Å². The van der Waals surface area contributed by atoms with Crippen LogP contribution in [0.15, 0.2) is 6.20 Å². The Labute approximate surface area is 97.9 Å². The van der Waals surface area contributed by atoms with E-state index in [9.17, 15) is 0 Å². The first-order valence-corrected chi connectivity index (χ1v) is 5.04. The van der Waals surface area contributed by atoms with Gasteiger partial charge in [-0.2, -0.15) is 0 Å². The molecule has 1 rings (SSSR count). The Balaban J connectivity index is 2.97. The fourth-order valence-electron chi connectivity index (χ4n) is 1.07. The number of hydrogen-bond acceptors (Lipinski definition) is 6. The fourth-order valence-corrected chi connectivity index (χ4v) is 1.20. The molecular formula is C9H14ClN3O3. The molecule has 0 fully saturated rings. The first kappa shape index (κ1) is 13.1. The van der Waals surface area contributed by atoms with Crippen molar-refractivity contribution < 1.29 is 15.3 Å². The zero-order chi connectivity index (χ0) is 12.2. The monoisotopic (exact) mass is 247 g/mol. The van der Waals surface area contributed by atoms with Crippen molar-refractivity contribution >= 4 is 17.4 Å². The number of halogens is 1. The van der Waals surface area contributed by atoms with Gasteiger partial charge in [0, 0.05) is 11.8 Å². The van der Waals surface area contributed by atoms with Gasteiger partial charge in [0.2, 0.25) is 5.28 Å². The summed E-state index contributed by atoms with van der Waals surface area (Å²) < 4.78 is 0. The molecule has 6 nitrogen and oxygen atoms in total. The lowest BCUT2D eigenvalue weighted by molar-refractivity contribution is 0.0830. The number of nitrogens with zero attached hydrogens (tertiary/aromatic N) is 2. The van der Waals surface area contributed by atoms with E-state index in [2.05, 4.69) is 15.3 Å². The Bertz CT molecular complexity index is 350. The van der Waals surface area contributed by atoms with Gasteiger partial charge in [-0.25, -0.2) is 9.97 Å². The molecule has 0 aliphatic carbocycles. The van der Waals surface area contributed by atoms with Crippen molar-refractivity contribution in [2.45, 2.75) is 12.5 Å². The van der Waals surface area contributed by atoms with Gasteiger partial charge in [-0.1, -0.05) is 0 Å². The molecule has 0 saturated carbocycles. The summed E-state index contributed by atoms with van der Waals surface area (Å²) in [5.74, 6) is 0.372. The predicted molar refractivity (Wildman–Crippen MR) is 59.4 cm³/mol. The van der Waals surface area contributed by atoms with Crippen molar-refractivity contribution in [2.75, 3.05) is 25.1 Å². The van der Waals surface area contributed by atoms with E-state index in [1.165, 1.54) is 6.20 Å². The predicted octanol–water partition coefficient (Wildman–Crippen LogP) is -0.434. The maximum atomic E-state index is 9.14. The third kappa shape index (κ3) is 2.79. The second kappa shape index (κ2) is 5.40. The number of rotatable bonds is 5. The summed E-state index contributed by atoms with van der Waals surface area (Å²) in [5.41, 5.74) is -0.522. The SMILES string of the molecule is Cc1cnc(Cl)nc1NC(CO)(CO)CO. The topological polar surface area (TPSA) is 98.5 Å². The fraction of sp³-hybridized carbons (Fsp3) is 0.556. The van der Waals surface area contributed by atoms with Gasteiger partial charge in [-0.3, -0.25) is 0 Å². The summed E-state index contributed by atoms with van der Waals surface area (Å²) >= 11 is 5.63. The molecule has 0 amide bonds. The molecule has 90 valence electrons. The first-order chi connectivity index (χ1) is 7.56. The van der Waals surface area contributed by atoms with Crippen LogP contribution in [-0.4, -0.2) is 50.6 Å². The van der Waals surface area contributed by atoms with Crippen LogP contribution < -0.4 is 5.32 Å². The van der Waals surface area contributed by atoms with Crippen LogP contribution in [0.3, 0.4) is 0 Å². The van der Waals surface area contributed by atoms with Crippen molar-refractivity contribution in [3.8, 4) is 0 Å². The lowest BCUT2D eigenvalue weighted by Gasteiger charge is -2.29. The van der Waals surface area contributed by atoms with E-state index in [1.54, 1.807) is 6.92 Å². The summed E-state index contributed by atoms with van der Waals surface area (Å²) in [4.78, 5) is 7.68. The Kier molecular flexibility index (Phi) is 4.43. The molecule has 0 aliphatic heterocycles. The molecule has 4 N–H and O–H groups in total. The van der Waals surface area contributed by atoms with Gasteiger partial charge in [0.15, 0.2) is 0 Å². The Hall–Kier alpha value is -0.950. The van der Waals surface area contributed by atoms with Crippen molar-refractivity contribution in [2.24, 2.45) is 0 Å². The molecule has 0 aliphatic rings. The van der Waals surface area contributed by atoms with Gasteiger partial charge in [-0.15, -0.1) is 0 Å². The largest absolute Gasteiger partial charge is 0.394 e. The third-order valence-corrected chi connectivity index (χ3v) is 2.42. The molecule has 0 atom stereocenters. The van der Waals surface area contributed by atoms with Crippen LogP contribution in [-0.2, 0) is 0 Å². The van der Waals surface area contributed by atoms with Crippen LogP contribution in [0.5, 0.6) is 0 Å². The average Bonchev–Trinajstić information content (AvgIpc) is 2.31. The minimum Gasteiger partial charge on any atom is -0.394 e. The summed E-state index contributed by atoms with van der Waals surface area (Å²) in [5, 5.41) is 30.2. The van der Waals surface area contributed by atoms with Crippen LogP contribution >= 0.6 is 11.6 Å². The maximum absolute atomic E-state index is 9.14. The normalized spacial score (nSPS) is 11.6. The molecule has 0 saturated heterocycles.